The van der Waals surface area contributed by atoms with E-state index >= 15 is 0 Å². The predicted octanol–water partition coefficient (Wildman–Crippen LogP) is 1.66. The normalized spacial score (nSPS) is 14.6. The molecule has 1 aromatic carbocycles. The van der Waals surface area contributed by atoms with Crippen molar-refractivity contribution < 1.29 is 39.9 Å². The van der Waals surface area contributed by atoms with E-state index in [1.807, 2.05) is 0 Å². The van der Waals surface area contributed by atoms with Crippen molar-refractivity contribution in [1.29, 1.82) is 0 Å². The molecule has 5 nitrogen and oxygen atoms in total. The second kappa shape index (κ2) is 5.56. The van der Waals surface area contributed by atoms with Gasteiger partial charge in [-0.25, -0.2) is 18.4 Å². The van der Waals surface area contributed by atoms with Gasteiger partial charge in [0, 0.05) is 0 Å². The molecule has 1 unspecified atom stereocenters. The zero-order valence-corrected chi connectivity index (χ0v) is 10.8. The molecule has 0 aliphatic rings. The Kier molecular flexibility index (Phi) is 4.58. The molecule has 0 radical (unpaired) electrons. The number of halogens is 5. The number of carbonyl (C=O) groups excluding carboxylic acids is 1. The van der Waals surface area contributed by atoms with E-state index in [0.717, 1.165) is 12.1 Å². The number of hydrogen-bond donors (Lipinski definition) is 1. The van der Waals surface area contributed by atoms with Crippen LogP contribution in [0.4, 0.5) is 22.0 Å². The number of alkyl halides is 5. The number of benzene rings is 1. The van der Waals surface area contributed by atoms with Crippen molar-refractivity contribution in [2.45, 2.75) is 17.5 Å². The maximum atomic E-state index is 13.3. The van der Waals surface area contributed by atoms with Crippen LogP contribution in [-0.2, 0) is 14.8 Å². The molecule has 11 heteroatoms. The highest BCUT2D eigenvalue weighted by atomic mass is 32.2. The van der Waals surface area contributed by atoms with E-state index in [1.165, 1.54) is 18.2 Å². The Bertz CT molecular complexity index is 614. The van der Waals surface area contributed by atoms with Gasteiger partial charge in [-0.15, -0.1) is 0 Å². The van der Waals surface area contributed by atoms with Crippen LogP contribution in [0.2, 0.25) is 0 Å². The minimum Gasteiger partial charge on any atom is -0.441 e. The smallest absolute Gasteiger partial charge is 0.432 e. The summed E-state index contributed by atoms with van der Waals surface area (Å²) in [5.74, 6) is -1.76. The average molecular weight is 333 g/mol. The molecule has 1 atom stereocenters. The third-order valence-electron chi connectivity index (χ3n) is 2.22. The minimum absolute atomic E-state index is 0.461. The maximum absolute atomic E-state index is 13.3. The largest absolute Gasteiger partial charge is 0.441 e. The summed E-state index contributed by atoms with van der Waals surface area (Å²) in [7, 11) is -5.94. The monoisotopic (exact) mass is 333 g/mol. The molecule has 2 N–H and O–H groups in total. The van der Waals surface area contributed by atoms with Crippen molar-refractivity contribution in [3.05, 3.63) is 35.9 Å². The minimum atomic E-state index is -5.94. The highest BCUT2D eigenvalue weighted by Gasteiger charge is 2.65. The van der Waals surface area contributed by atoms with E-state index in [4.69, 9.17) is 0 Å². The van der Waals surface area contributed by atoms with Gasteiger partial charge in [-0.2, -0.15) is 22.0 Å². The molecule has 1 aromatic rings. The Morgan fingerprint density at radius 3 is 1.95 bits per heavy atom. The van der Waals surface area contributed by atoms with Gasteiger partial charge in [0.05, 0.1) is 5.56 Å². The Labute approximate surface area is 115 Å². The number of hydrogen-bond acceptors (Lipinski definition) is 4. The van der Waals surface area contributed by atoms with E-state index < -0.39 is 39.1 Å². The Hall–Kier alpha value is -1.75. The van der Waals surface area contributed by atoms with Crippen LogP contribution in [0.5, 0.6) is 0 Å². The number of rotatable bonds is 4. The molecule has 0 bridgehead atoms. The maximum Gasteiger partial charge on any atom is 0.432 e. The second-order valence-corrected chi connectivity index (χ2v) is 5.43. The van der Waals surface area contributed by atoms with Crippen molar-refractivity contribution in [3.8, 4) is 0 Å². The van der Waals surface area contributed by atoms with Crippen LogP contribution in [0.25, 0.3) is 0 Å². The number of esters is 1. The molecule has 0 aliphatic heterocycles. The molecule has 0 saturated carbocycles. The second-order valence-electron chi connectivity index (χ2n) is 3.80. The Balaban J connectivity index is 3.16. The first-order valence-corrected chi connectivity index (χ1v) is 6.65. The van der Waals surface area contributed by atoms with E-state index in [0.29, 0.717) is 0 Å². The van der Waals surface area contributed by atoms with Gasteiger partial charge in [-0.05, 0) is 12.1 Å². The summed E-state index contributed by atoms with van der Waals surface area (Å²) in [6.07, 6.45) is -10.0. The van der Waals surface area contributed by atoms with Crippen LogP contribution >= 0.6 is 0 Å². The van der Waals surface area contributed by atoms with Crippen LogP contribution in [0.15, 0.2) is 30.3 Å². The van der Waals surface area contributed by atoms with Gasteiger partial charge in [0.25, 0.3) is 16.1 Å². The van der Waals surface area contributed by atoms with E-state index in [2.05, 4.69) is 9.88 Å². The fourth-order valence-corrected chi connectivity index (χ4v) is 1.70. The third-order valence-corrected chi connectivity index (χ3v) is 3.19. The lowest BCUT2D eigenvalue weighted by atomic mass is 10.2. The Morgan fingerprint density at radius 2 is 1.57 bits per heavy atom. The summed E-state index contributed by atoms with van der Waals surface area (Å²) in [6.45, 7) is 0. The quantitative estimate of drug-likeness (QED) is 0.671. The number of sulfonamides is 1. The average Bonchev–Trinajstić information content (AvgIpc) is 2.33. The van der Waals surface area contributed by atoms with Gasteiger partial charge in [0.1, 0.15) is 0 Å². The van der Waals surface area contributed by atoms with Gasteiger partial charge in [0.15, 0.2) is 0 Å². The van der Waals surface area contributed by atoms with Crippen molar-refractivity contribution in [1.82, 2.24) is 0 Å². The third kappa shape index (κ3) is 3.88. The first-order chi connectivity index (χ1) is 9.37. The van der Waals surface area contributed by atoms with Crippen LogP contribution < -0.4 is 5.14 Å². The van der Waals surface area contributed by atoms with Crippen LogP contribution in [0.1, 0.15) is 10.4 Å². The summed E-state index contributed by atoms with van der Waals surface area (Å²) in [6, 6.07) is 5.92. The number of nitrogens with two attached hydrogens (primary N) is 1. The van der Waals surface area contributed by atoms with Gasteiger partial charge in [0.2, 0.25) is 0 Å². The summed E-state index contributed by atoms with van der Waals surface area (Å²) in [4.78, 5) is 11.4. The molecular formula is C10H8F5NO4S. The van der Waals surface area contributed by atoms with E-state index in [1.54, 1.807) is 0 Å². The lowest BCUT2D eigenvalue weighted by Gasteiger charge is -2.26. The SMILES string of the molecule is NS(=O)(=O)C(F)(F)C(OC(=O)c1ccccc1)C(F)(F)F. The first-order valence-electron chi connectivity index (χ1n) is 5.10. The molecule has 1 rings (SSSR count). The van der Waals surface area contributed by atoms with Gasteiger partial charge < -0.3 is 4.74 Å². The molecule has 21 heavy (non-hydrogen) atoms. The van der Waals surface area contributed by atoms with Crippen molar-refractivity contribution >= 4 is 16.0 Å². The molecular weight excluding hydrogens is 325 g/mol. The summed E-state index contributed by atoms with van der Waals surface area (Å²) in [5.41, 5.74) is -0.461. The highest BCUT2D eigenvalue weighted by molar-refractivity contribution is 7.90. The number of ether oxygens (including phenoxy) is 1. The zero-order chi connectivity index (χ0) is 16.5. The molecule has 118 valence electrons. The number of carbonyl (C=O) groups is 1. The molecule has 0 amide bonds. The van der Waals surface area contributed by atoms with Gasteiger partial charge in [-0.1, -0.05) is 18.2 Å². The van der Waals surface area contributed by atoms with Gasteiger partial charge in [-0.3, -0.25) is 0 Å². The summed E-state index contributed by atoms with van der Waals surface area (Å²) in [5, 5.41) is -1.46. The fraction of sp³-hybridized carbons (Fsp3) is 0.300. The molecule has 0 saturated heterocycles. The highest BCUT2D eigenvalue weighted by Crippen LogP contribution is 2.37. The molecule has 0 spiro atoms. The van der Waals surface area contributed by atoms with E-state index in [9.17, 15) is 35.2 Å². The molecule has 0 aromatic heterocycles. The lowest BCUT2D eigenvalue weighted by molar-refractivity contribution is -0.246. The topological polar surface area (TPSA) is 86.5 Å². The van der Waals surface area contributed by atoms with Crippen molar-refractivity contribution in [2.24, 2.45) is 5.14 Å². The fourth-order valence-electron chi connectivity index (χ4n) is 1.22. The molecule has 0 fully saturated rings. The first kappa shape index (κ1) is 17.3. The number of primary sulfonamides is 1. The van der Waals surface area contributed by atoms with Crippen LogP contribution in [0, 0.1) is 0 Å². The zero-order valence-electron chi connectivity index (χ0n) is 9.97. The summed E-state index contributed by atoms with van der Waals surface area (Å²) < 4.78 is 89.0. The van der Waals surface area contributed by atoms with E-state index in [-0.39, 0.29) is 0 Å². The van der Waals surface area contributed by atoms with Crippen molar-refractivity contribution in [2.75, 3.05) is 0 Å². The summed E-state index contributed by atoms with van der Waals surface area (Å²) >= 11 is 0. The van der Waals surface area contributed by atoms with Crippen molar-refractivity contribution in [3.63, 3.8) is 0 Å². The lowest BCUT2D eigenvalue weighted by Crippen LogP contribution is -2.54. The van der Waals surface area contributed by atoms with Crippen LogP contribution in [0.3, 0.4) is 0 Å². The Morgan fingerprint density at radius 1 is 1.10 bits per heavy atom. The standard InChI is InChI=1S/C10H8F5NO4S/c11-9(12,13)8(10(14,15)21(16,18)19)20-7(17)6-4-2-1-3-5-6/h1-5,8H,(H2,16,18,19). The molecule has 0 aliphatic carbocycles. The van der Waals surface area contributed by atoms with Crippen LogP contribution in [-0.4, -0.2) is 31.9 Å². The molecule has 0 heterocycles. The predicted molar refractivity (Wildman–Crippen MR) is 59.8 cm³/mol. The van der Waals surface area contributed by atoms with Gasteiger partial charge >= 0.3 is 17.4 Å².